The fourth-order valence-corrected chi connectivity index (χ4v) is 3.21. The molecule has 0 saturated carbocycles. The van der Waals surface area contributed by atoms with E-state index in [0.717, 1.165) is 36.3 Å². The van der Waals surface area contributed by atoms with E-state index in [9.17, 15) is 5.11 Å². The normalized spacial score (nSPS) is 10.8. The Balaban J connectivity index is 0.000000462. The lowest BCUT2D eigenvalue weighted by atomic mass is 10.0. The van der Waals surface area contributed by atoms with E-state index in [1.54, 1.807) is 12.1 Å². The highest BCUT2D eigenvalue weighted by atomic mass is 35.5. The number of ether oxygens (including phenoxy) is 1. The fraction of sp³-hybridized carbons (Fsp3) is 0.417. The van der Waals surface area contributed by atoms with E-state index in [1.165, 1.54) is 11.1 Å². The molecule has 1 aliphatic heterocycles. The number of aromatic hydroxyl groups is 1. The van der Waals surface area contributed by atoms with Gasteiger partial charge >= 0.3 is 0 Å². The highest BCUT2D eigenvalue weighted by Gasteiger charge is 2.14. The highest BCUT2D eigenvalue weighted by molar-refractivity contribution is 6.18. The van der Waals surface area contributed by atoms with Gasteiger partial charge in [0.25, 0.3) is 0 Å². The van der Waals surface area contributed by atoms with E-state index in [2.05, 4.69) is 19.2 Å². The van der Waals surface area contributed by atoms with E-state index >= 15 is 0 Å². The number of hydrogen-bond acceptors (Lipinski definition) is 4. The monoisotopic (exact) mass is 422 g/mol. The Labute approximate surface area is 180 Å². The zero-order chi connectivity index (χ0) is 22.1. The summed E-state index contributed by atoms with van der Waals surface area (Å²) >= 11 is 5.70. The fourth-order valence-electron chi connectivity index (χ4n) is 3.01. The molecule has 2 aromatic carbocycles. The molecular weight excluding hydrogens is 388 g/mol. The van der Waals surface area contributed by atoms with Crippen molar-refractivity contribution in [2.75, 3.05) is 25.7 Å². The van der Waals surface area contributed by atoms with Crippen LogP contribution in [0.15, 0.2) is 49.6 Å². The van der Waals surface area contributed by atoms with Gasteiger partial charge in [0.2, 0.25) is 0 Å². The first-order valence-electron chi connectivity index (χ1n) is 10.0. The summed E-state index contributed by atoms with van der Waals surface area (Å²) < 4.78 is 5.44. The summed E-state index contributed by atoms with van der Waals surface area (Å²) in [7, 11) is 0. The van der Waals surface area contributed by atoms with Crippen molar-refractivity contribution in [3.05, 3.63) is 71.8 Å². The number of phenols is 1. The van der Waals surface area contributed by atoms with E-state index < -0.39 is 0 Å². The molecule has 0 unspecified atom stereocenters. The van der Waals surface area contributed by atoms with Crippen LogP contribution in [-0.2, 0) is 25.7 Å². The standard InChI is InChI=1S/C10H11ClO.C10H14O3.C2H6.C2H4/c11-6-4-8-2-1-3-10-9(8)5-7-12-10;11-6-4-8-2-1-3-10(13)9(8)5-7-12;2*1-2/h1-3H,4-7H2;1-3,11-13H,4-7H2;1-2H3;1-2H2. The van der Waals surface area contributed by atoms with Crippen molar-refractivity contribution >= 4 is 11.6 Å². The van der Waals surface area contributed by atoms with Crippen molar-refractivity contribution in [1.29, 1.82) is 0 Å². The van der Waals surface area contributed by atoms with Gasteiger partial charge in [-0.05, 0) is 48.1 Å². The maximum absolute atomic E-state index is 9.46. The third kappa shape index (κ3) is 8.90. The third-order valence-electron chi connectivity index (χ3n) is 4.19. The lowest BCUT2D eigenvalue weighted by Gasteiger charge is -2.08. The second kappa shape index (κ2) is 16.9. The summed E-state index contributed by atoms with van der Waals surface area (Å²) in [5, 5.41) is 27.0. The Bertz CT molecular complexity index is 689. The van der Waals surface area contributed by atoms with Crippen molar-refractivity contribution < 1.29 is 20.1 Å². The average Bonchev–Trinajstić information content (AvgIpc) is 3.25. The Hall–Kier alpha value is -2.01. The molecule has 3 rings (SSSR count). The highest BCUT2D eigenvalue weighted by Crippen LogP contribution is 2.28. The van der Waals surface area contributed by atoms with Gasteiger partial charge in [-0.3, -0.25) is 0 Å². The molecule has 0 fully saturated rings. The summed E-state index contributed by atoms with van der Waals surface area (Å²) in [6, 6.07) is 11.4. The molecule has 0 bridgehead atoms. The predicted molar refractivity (Wildman–Crippen MR) is 122 cm³/mol. The number of hydrogen-bond donors (Lipinski definition) is 3. The first-order valence-corrected chi connectivity index (χ1v) is 10.6. The number of fused-ring (bicyclic) bond motifs is 1. The molecule has 3 N–H and O–H groups in total. The molecule has 4 nitrogen and oxygen atoms in total. The van der Waals surface area contributed by atoms with Crippen LogP contribution in [0.4, 0.5) is 0 Å². The quantitative estimate of drug-likeness (QED) is 0.466. The molecule has 0 saturated heterocycles. The number of halogens is 1. The van der Waals surface area contributed by atoms with Gasteiger partial charge in [-0.15, -0.1) is 24.8 Å². The molecule has 162 valence electrons. The van der Waals surface area contributed by atoms with E-state index in [4.69, 9.17) is 26.6 Å². The summed E-state index contributed by atoms with van der Waals surface area (Å²) in [6.07, 6.45) is 2.95. The second-order valence-electron chi connectivity index (χ2n) is 5.79. The molecule has 0 radical (unpaired) electrons. The smallest absolute Gasteiger partial charge is 0.122 e. The molecule has 2 aromatic rings. The summed E-state index contributed by atoms with van der Waals surface area (Å²) in [6.45, 7) is 10.9. The van der Waals surface area contributed by atoms with Gasteiger partial charge < -0.3 is 20.1 Å². The number of aliphatic hydroxyl groups is 2. The van der Waals surface area contributed by atoms with Gasteiger partial charge in [0.05, 0.1) is 6.61 Å². The van der Waals surface area contributed by atoms with Gasteiger partial charge in [0.1, 0.15) is 11.5 Å². The molecule has 0 aromatic heterocycles. The zero-order valence-corrected chi connectivity index (χ0v) is 18.4. The number of benzene rings is 2. The van der Waals surface area contributed by atoms with Crippen LogP contribution in [0, 0.1) is 0 Å². The van der Waals surface area contributed by atoms with Crippen molar-refractivity contribution in [1.82, 2.24) is 0 Å². The van der Waals surface area contributed by atoms with Crippen molar-refractivity contribution in [3.8, 4) is 11.5 Å². The number of aryl methyl sites for hydroxylation is 1. The molecule has 1 heterocycles. The topological polar surface area (TPSA) is 69.9 Å². The van der Waals surface area contributed by atoms with Crippen LogP contribution in [0.25, 0.3) is 0 Å². The average molecular weight is 423 g/mol. The summed E-state index contributed by atoms with van der Waals surface area (Å²) in [5.74, 6) is 1.94. The van der Waals surface area contributed by atoms with Gasteiger partial charge in [-0.2, -0.15) is 0 Å². The minimum Gasteiger partial charge on any atom is -0.508 e. The first kappa shape index (κ1) is 27.0. The van der Waals surface area contributed by atoms with Crippen LogP contribution in [-0.4, -0.2) is 41.0 Å². The van der Waals surface area contributed by atoms with E-state index in [0.29, 0.717) is 18.7 Å². The predicted octanol–water partition coefficient (Wildman–Crippen LogP) is 4.69. The molecule has 29 heavy (non-hydrogen) atoms. The lowest BCUT2D eigenvalue weighted by Crippen LogP contribution is -2.00. The molecule has 5 heteroatoms. The molecule has 0 aliphatic carbocycles. The van der Waals surface area contributed by atoms with Crippen molar-refractivity contribution in [2.24, 2.45) is 0 Å². The van der Waals surface area contributed by atoms with Gasteiger partial charge in [0, 0.05) is 31.1 Å². The Morgan fingerprint density at radius 3 is 2.17 bits per heavy atom. The maximum atomic E-state index is 9.46. The van der Waals surface area contributed by atoms with Crippen LogP contribution >= 0.6 is 11.6 Å². The number of phenolic OH excluding ortho intramolecular Hbond substituents is 1. The molecule has 0 atom stereocenters. The Morgan fingerprint density at radius 1 is 0.931 bits per heavy atom. The lowest BCUT2D eigenvalue weighted by molar-refractivity contribution is 0.291. The first-order chi connectivity index (χ1) is 14.2. The Morgan fingerprint density at radius 2 is 1.55 bits per heavy atom. The number of aliphatic hydroxyl groups excluding tert-OH is 2. The summed E-state index contributed by atoms with van der Waals surface area (Å²) in [5.41, 5.74) is 4.34. The van der Waals surface area contributed by atoms with Gasteiger partial charge in [0.15, 0.2) is 0 Å². The largest absolute Gasteiger partial charge is 0.508 e. The minimum absolute atomic E-state index is 0.00992. The van der Waals surface area contributed by atoms with Crippen LogP contribution in [0.2, 0.25) is 0 Å². The van der Waals surface area contributed by atoms with Gasteiger partial charge in [-0.1, -0.05) is 38.1 Å². The van der Waals surface area contributed by atoms with Crippen LogP contribution in [0.1, 0.15) is 36.1 Å². The second-order valence-corrected chi connectivity index (χ2v) is 6.17. The zero-order valence-electron chi connectivity index (χ0n) is 17.7. The molecule has 1 aliphatic rings. The van der Waals surface area contributed by atoms with Gasteiger partial charge in [-0.25, -0.2) is 0 Å². The summed E-state index contributed by atoms with van der Waals surface area (Å²) in [4.78, 5) is 0. The van der Waals surface area contributed by atoms with E-state index in [-0.39, 0.29) is 19.0 Å². The SMILES string of the molecule is C=C.CC.ClCCc1cccc2c1CCO2.OCCc1cccc(O)c1CCO. The van der Waals surface area contributed by atoms with E-state index in [1.807, 2.05) is 32.0 Å². The maximum Gasteiger partial charge on any atom is 0.122 e. The molecule has 0 spiro atoms. The Kier molecular flexibility index (Phi) is 15.7. The molecule has 0 amide bonds. The van der Waals surface area contributed by atoms with Crippen LogP contribution < -0.4 is 4.74 Å². The van der Waals surface area contributed by atoms with Crippen molar-refractivity contribution in [3.63, 3.8) is 0 Å². The van der Waals surface area contributed by atoms with Crippen LogP contribution in [0.3, 0.4) is 0 Å². The third-order valence-corrected chi connectivity index (χ3v) is 4.38. The minimum atomic E-state index is 0.00992. The number of rotatable bonds is 6. The van der Waals surface area contributed by atoms with Crippen LogP contribution in [0.5, 0.6) is 11.5 Å². The van der Waals surface area contributed by atoms with Crippen molar-refractivity contribution in [2.45, 2.75) is 39.5 Å². The molecular formula is C24H35ClO4. The number of alkyl halides is 1.